The molecule has 0 unspecified atom stereocenters. The van der Waals surface area contributed by atoms with Gasteiger partial charge in [-0.2, -0.15) is 0 Å². The van der Waals surface area contributed by atoms with Crippen LogP contribution in [0.15, 0.2) is 10.9 Å². The molecule has 1 aromatic heterocycles. The third-order valence-corrected chi connectivity index (χ3v) is 2.22. The molecule has 0 aromatic carbocycles. The van der Waals surface area contributed by atoms with Gasteiger partial charge in [-0.1, -0.05) is 0 Å². The molecule has 0 aliphatic carbocycles. The van der Waals surface area contributed by atoms with Gasteiger partial charge in [-0.15, -0.1) is 11.6 Å². The highest BCUT2D eigenvalue weighted by Crippen LogP contribution is 2.18. The molecule has 0 atom stereocenters. The zero-order chi connectivity index (χ0) is 12.3. The molecule has 0 aliphatic rings. The van der Waals surface area contributed by atoms with Crippen molar-refractivity contribution in [1.82, 2.24) is 4.98 Å². The normalized spacial score (nSPS) is 10.8. The fourth-order valence-corrected chi connectivity index (χ4v) is 1.47. The van der Waals surface area contributed by atoms with Crippen molar-refractivity contribution in [2.24, 2.45) is 0 Å². The molecule has 0 spiro atoms. The van der Waals surface area contributed by atoms with Crippen LogP contribution in [0.4, 0.5) is 8.78 Å². The molecule has 0 bridgehead atoms. The maximum Gasteiger partial charge on any atom is 0.307 e. The van der Waals surface area contributed by atoms with Crippen molar-refractivity contribution in [2.45, 2.75) is 18.7 Å². The molecule has 4 nitrogen and oxygen atoms in total. The Labute approximate surface area is 93.9 Å². The molecule has 0 saturated carbocycles. The summed E-state index contributed by atoms with van der Waals surface area (Å²) in [7, 11) is 0. The van der Waals surface area contributed by atoms with Crippen molar-refractivity contribution >= 4 is 17.6 Å². The van der Waals surface area contributed by atoms with Gasteiger partial charge in [-0.25, -0.2) is 8.78 Å². The van der Waals surface area contributed by atoms with E-state index >= 15 is 0 Å². The molecule has 0 radical (unpaired) electrons. The third kappa shape index (κ3) is 2.79. The third-order valence-electron chi connectivity index (χ3n) is 1.95. The number of pyridine rings is 1. The largest absolute Gasteiger partial charge is 0.481 e. The Hall–Kier alpha value is -1.43. The monoisotopic (exact) mass is 251 g/mol. The maximum absolute atomic E-state index is 12.4. The standard InChI is InChI=1S/C9H8ClF2NO3/c10-3-6-4(2-7(14)15)1-5(8(11)12)9(16)13-6/h1,8H,2-3H2,(H,13,16)(H,14,15). The van der Waals surface area contributed by atoms with Crippen LogP contribution >= 0.6 is 11.6 Å². The number of aromatic nitrogens is 1. The van der Waals surface area contributed by atoms with Crippen LogP contribution in [0.1, 0.15) is 23.2 Å². The number of H-pyrrole nitrogens is 1. The minimum absolute atomic E-state index is 0.0948. The van der Waals surface area contributed by atoms with E-state index in [-0.39, 0.29) is 17.1 Å². The summed E-state index contributed by atoms with van der Waals surface area (Å²) in [6.45, 7) is 0. The lowest BCUT2D eigenvalue weighted by Gasteiger charge is -2.07. The molecule has 0 fully saturated rings. The minimum atomic E-state index is -2.94. The topological polar surface area (TPSA) is 70.2 Å². The summed E-state index contributed by atoms with van der Waals surface area (Å²) < 4.78 is 24.8. The molecule has 0 amide bonds. The second kappa shape index (κ2) is 5.07. The SMILES string of the molecule is O=C(O)Cc1cc(C(F)F)c(=O)[nH]c1CCl. The Bertz CT molecular complexity index is 459. The van der Waals surface area contributed by atoms with Gasteiger partial charge in [0.05, 0.1) is 17.9 Å². The number of halogens is 3. The van der Waals surface area contributed by atoms with Crippen LogP contribution in [0.5, 0.6) is 0 Å². The van der Waals surface area contributed by atoms with Crippen LogP contribution in [-0.4, -0.2) is 16.1 Å². The quantitative estimate of drug-likeness (QED) is 0.800. The highest BCUT2D eigenvalue weighted by molar-refractivity contribution is 6.17. The predicted molar refractivity (Wildman–Crippen MR) is 52.9 cm³/mol. The number of aliphatic carboxylic acids is 1. The molecule has 0 aliphatic heterocycles. The fraction of sp³-hybridized carbons (Fsp3) is 0.333. The Morgan fingerprint density at radius 2 is 2.19 bits per heavy atom. The predicted octanol–water partition coefficient (Wildman–Crippen LogP) is 1.68. The van der Waals surface area contributed by atoms with Crippen molar-refractivity contribution in [3.63, 3.8) is 0 Å². The van der Waals surface area contributed by atoms with Gasteiger partial charge in [-0.05, 0) is 11.6 Å². The molecule has 0 saturated heterocycles. The van der Waals surface area contributed by atoms with Crippen molar-refractivity contribution in [1.29, 1.82) is 0 Å². The van der Waals surface area contributed by atoms with Gasteiger partial charge >= 0.3 is 5.97 Å². The van der Waals surface area contributed by atoms with Gasteiger partial charge in [0.25, 0.3) is 12.0 Å². The van der Waals surface area contributed by atoms with Crippen molar-refractivity contribution < 1.29 is 18.7 Å². The molecule has 7 heteroatoms. The molecule has 88 valence electrons. The average molecular weight is 252 g/mol. The minimum Gasteiger partial charge on any atom is -0.481 e. The van der Waals surface area contributed by atoms with Crippen LogP contribution in [0.2, 0.25) is 0 Å². The number of nitrogens with one attached hydrogen (secondary N) is 1. The van der Waals surface area contributed by atoms with Gasteiger partial charge in [0, 0.05) is 5.69 Å². The van der Waals surface area contributed by atoms with E-state index < -0.39 is 29.9 Å². The number of aromatic amines is 1. The number of carboxylic acid groups (broad SMARTS) is 1. The summed E-state index contributed by atoms with van der Waals surface area (Å²) in [6.07, 6.45) is -3.40. The average Bonchev–Trinajstić information content (AvgIpc) is 2.18. The van der Waals surface area contributed by atoms with Crippen LogP contribution in [0, 0.1) is 0 Å². The molecular weight excluding hydrogens is 244 g/mol. The van der Waals surface area contributed by atoms with E-state index in [1.165, 1.54) is 0 Å². The van der Waals surface area contributed by atoms with E-state index in [1.54, 1.807) is 0 Å². The molecular formula is C9H8ClF2NO3. The van der Waals surface area contributed by atoms with Crippen LogP contribution in [0.3, 0.4) is 0 Å². The highest BCUT2D eigenvalue weighted by atomic mass is 35.5. The number of alkyl halides is 3. The van der Waals surface area contributed by atoms with Gasteiger partial charge in [0.15, 0.2) is 0 Å². The van der Waals surface area contributed by atoms with Gasteiger partial charge in [0.1, 0.15) is 0 Å². The van der Waals surface area contributed by atoms with Gasteiger partial charge in [-0.3, -0.25) is 9.59 Å². The summed E-state index contributed by atoms with van der Waals surface area (Å²) in [4.78, 5) is 23.8. The number of hydrogen-bond acceptors (Lipinski definition) is 2. The Morgan fingerprint density at radius 3 is 2.62 bits per heavy atom. The lowest BCUT2D eigenvalue weighted by molar-refractivity contribution is -0.136. The summed E-state index contributed by atoms with van der Waals surface area (Å²) in [5.41, 5.74) is -1.44. The first kappa shape index (κ1) is 12.6. The van der Waals surface area contributed by atoms with E-state index in [4.69, 9.17) is 16.7 Å². The second-order valence-electron chi connectivity index (χ2n) is 3.06. The zero-order valence-corrected chi connectivity index (χ0v) is 8.72. The first-order valence-electron chi connectivity index (χ1n) is 4.26. The van der Waals surface area contributed by atoms with E-state index in [1.807, 2.05) is 0 Å². The van der Waals surface area contributed by atoms with Gasteiger partial charge in [0.2, 0.25) is 0 Å². The summed E-state index contributed by atoms with van der Waals surface area (Å²) in [5.74, 6) is -1.32. The fourth-order valence-electron chi connectivity index (χ4n) is 1.23. The first-order chi connectivity index (χ1) is 7.45. The van der Waals surface area contributed by atoms with E-state index in [2.05, 4.69) is 4.98 Å². The number of rotatable bonds is 4. The van der Waals surface area contributed by atoms with Crippen LogP contribution in [0.25, 0.3) is 0 Å². The Kier molecular flexibility index (Phi) is 4.00. The molecule has 2 N–H and O–H groups in total. The lowest BCUT2D eigenvalue weighted by Crippen LogP contribution is -2.18. The molecule has 1 heterocycles. The molecule has 16 heavy (non-hydrogen) atoms. The zero-order valence-electron chi connectivity index (χ0n) is 7.97. The van der Waals surface area contributed by atoms with E-state index in [0.717, 1.165) is 6.07 Å². The van der Waals surface area contributed by atoms with E-state index in [9.17, 15) is 18.4 Å². The lowest BCUT2D eigenvalue weighted by atomic mass is 10.1. The molecule has 1 aromatic rings. The Morgan fingerprint density at radius 1 is 1.56 bits per heavy atom. The van der Waals surface area contributed by atoms with Crippen molar-refractivity contribution in [3.05, 3.63) is 33.2 Å². The van der Waals surface area contributed by atoms with Crippen LogP contribution < -0.4 is 5.56 Å². The second-order valence-corrected chi connectivity index (χ2v) is 3.33. The Balaban J connectivity index is 3.28. The van der Waals surface area contributed by atoms with Crippen molar-refractivity contribution in [2.75, 3.05) is 0 Å². The van der Waals surface area contributed by atoms with Gasteiger partial charge < -0.3 is 10.1 Å². The highest BCUT2D eigenvalue weighted by Gasteiger charge is 2.16. The maximum atomic E-state index is 12.4. The van der Waals surface area contributed by atoms with Crippen molar-refractivity contribution in [3.8, 4) is 0 Å². The summed E-state index contributed by atoms with van der Waals surface area (Å²) in [6, 6.07) is 0.884. The summed E-state index contributed by atoms with van der Waals surface area (Å²) >= 11 is 5.47. The number of hydrogen-bond donors (Lipinski definition) is 2. The van der Waals surface area contributed by atoms with E-state index in [0.29, 0.717) is 0 Å². The van der Waals surface area contributed by atoms with Crippen LogP contribution in [-0.2, 0) is 17.1 Å². The smallest absolute Gasteiger partial charge is 0.307 e. The number of carboxylic acids is 1. The summed E-state index contributed by atoms with van der Waals surface area (Å²) in [5, 5.41) is 8.56. The number of carbonyl (C=O) groups is 1. The first-order valence-corrected chi connectivity index (χ1v) is 4.80. The molecule has 1 rings (SSSR count).